The number of nitrogens with one attached hydrogen (secondary N) is 1. The molecule has 2 saturated heterocycles. The Hall–Kier alpha value is -2.65. The molecule has 10 heteroatoms. The third kappa shape index (κ3) is 3.65. The van der Waals surface area contributed by atoms with Gasteiger partial charge in [0.15, 0.2) is 11.6 Å². The van der Waals surface area contributed by atoms with Gasteiger partial charge in [-0.25, -0.2) is 18.6 Å². The largest absolute Gasteiger partial charge is 0.443 e. The quantitative estimate of drug-likeness (QED) is 0.536. The number of carbonyl (C=O) groups is 1. The van der Waals surface area contributed by atoms with Gasteiger partial charge in [0.1, 0.15) is 11.2 Å². The lowest BCUT2D eigenvalue weighted by Gasteiger charge is -2.28. The Morgan fingerprint density at radius 1 is 1.29 bits per heavy atom. The first-order valence-corrected chi connectivity index (χ1v) is 11.7. The first-order chi connectivity index (χ1) is 16.0. The zero-order valence-electron chi connectivity index (χ0n) is 19.9. The molecule has 7 nitrogen and oxygen atoms in total. The predicted octanol–water partition coefficient (Wildman–Crippen LogP) is 5.16. The Bertz CT molecular complexity index is 1300. The van der Waals surface area contributed by atoms with Crippen molar-refractivity contribution in [1.82, 2.24) is 14.9 Å². The fourth-order valence-corrected chi connectivity index (χ4v) is 5.58. The zero-order valence-corrected chi connectivity index (χ0v) is 20.6. The molecule has 182 valence electrons. The van der Waals surface area contributed by atoms with E-state index in [2.05, 4.69) is 26.8 Å². The standard InChI is InChI=1S/C24H28ClF2N5O2/c1-24(2,3)34-23(33)31(5)15-8-14(26)19(27)17-18-21(13(25)9-28-22(18)29-20(15)17)32-7-6-12-10-30(4)11-16(12)32/h8-9,12,16H,6-7,10-11H2,1-5H3,(H,28,29)/t12?,16-/m1/s1. The second-order valence-corrected chi connectivity index (χ2v) is 10.7. The number of benzene rings is 1. The number of H-pyrrole nitrogens is 1. The van der Waals surface area contributed by atoms with E-state index >= 15 is 4.39 Å². The highest BCUT2D eigenvalue weighted by atomic mass is 35.5. The van der Waals surface area contributed by atoms with E-state index in [0.29, 0.717) is 27.7 Å². The van der Waals surface area contributed by atoms with Crippen LogP contribution in [0.25, 0.3) is 21.9 Å². The van der Waals surface area contributed by atoms with Crippen LogP contribution in [0.4, 0.5) is 25.0 Å². The fraction of sp³-hybridized carbons (Fsp3) is 0.500. The summed E-state index contributed by atoms with van der Waals surface area (Å²) >= 11 is 6.65. The number of pyridine rings is 1. The average Bonchev–Trinajstić information content (AvgIpc) is 3.41. The molecule has 0 bridgehead atoms. The number of hydrogen-bond donors (Lipinski definition) is 1. The second kappa shape index (κ2) is 7.95. The van der Waals surface area contributed by atoms with E-state index in [0.717, 1.165) is 32.1 Å². The molecule has 0 spiro atoms. The number of rotatable bonds is 2. The molecule has 1 N–H and O–H groups in total. The van der Waals surface area contributed by atoms with Crippen LogP contribution in [0.5, 0.6) is 0 Å². The molecule has 2 aromatic heterocycles. The van der Waals surface area contributed by atoms with Crippen LogP contribution in [0.15, 0.2) is 12.3 Å². The number of aromatic amines is 1. The number of aromatic nitrogens is 2. The van der Waals surface area contributed by atoms with Gasteiger partial charge in [0.2, 0.25) is 0 Å². The van der Waals surface area contributed by atoms with Gasteiger partial charge in [-0.1, -0.05) is 11.6 Å². The van der Waals surface area contributed by atoms with Crippen molar-refractivity contribution < 1.29 is 18.3 Å². The van der Waals surface area contributed by atoms with Gasteiger partial charge in [0, 0.05) is 38.8 Å². The minimum atomic E-state index is -1.07. The maximum Gasteiger partial charge on any atom is 0.414 e. The van der Waals surface area contributed by atoms with Crippen LogP contribution in [-0.4, -0.2) is 66.3 Å². The smallest absolute Gasteiger partial charge is 0.414 e. The first kappa shape index (κ1) is 23.1. The summed E-state index contributed by atoms with van der Waals surface area (Å²) in [6.07, 6.45) is 1.86. The van der Waals surface area contributed by atoms with Crippen molar-refractivity contribution in [1.29, 1.82) is 0 Å². The molecule has 4 heterocycles. The lowest BCUT2D eigenvalue weighted by molar-refractivity contribution is 0.0589. The van der Waals surface area contributed by atoms with E-state index in [1.807, 2.05) is 0 Å². The fourth-order valence-electron chi connectivity index (χ4n) is 5.33. The van der Waals surface area contributed by atoms with E-state index in [9.17, 15) is 9.18 Å². The van der Waals surface area contributed by atoms with Crippen molar-refractivity contribution in [2.75, 3.05) is 43.5 Å². The maximum atomic E-state index is 15.4. The van der Waals surface area contributed by atoms with Crippen molar-refractivity contribution in [3.63, 3.8) is 0 Å². The average molecular weight is 492 g/mol. The van der Waals surface area contributed by atoms with Crippen LogP contribution >= 0.6 is 11.6 Å². The Balaban J connectivity index is 1.72. The number of amides is 1. The number of fused-ring (bicyclic) bond motifs is 4. The molecule has 1 aromatic carbocycles. The molecule has 1 unspecified atom stereocenters. The molecule has 2 aliphatic heterocycles. The van der Waals surface area contributed by atoms with Gasteiger partial charge in [-0.2, -0.15) is 0 Å². The van der Waals surface area contributed by atoms with Crippen LogP contribution in [0, 0.1) is 17.6 Å². The van der Waals surface area contributed by atoms with Gasteiger partial charge in [-0.15, -0.1) is 0 Å². The number of halogens is 3. The first-order valence-electron chi connectivity index (χ1n) is 11.4. The summed E-state index contributed by atoms with van der Waals surface area (Å²) in [6.45, 7) is 7.86. The van der Waals surface area contributed by atoms with Crippen molar-refractivity contribution in [3.05, 3.63) is 28.9 Å². The number of nitrogens with zero attached hydrogens (tertiary/aromatic N) is 4. The Morgan fingerprint density at radius 2 is 2.03 bits per heavy atom. The summed E-state index contributed by atoms with van der Waals surface area (Å²) in [5.74, 6) is -1.58. The molecule has 2 fully saturated rings. The lowest BCUT2D eigenvalue weighted by Crippen LogP contribution is -2.34. The minimum Gasteiger partial charge on any atom is -0.443 e. The topological polar surface area (TPSA) is 64.7 Å². The third-order valence-corrected chi connectivity index (χ3v) is 7.02. The molecular weight excluding hydrogens is 464 g/mol. The van der Waals surface area contributed by atoms with Crippen molar-refractivity contribution >= 4 is 51.0 Å². The van der Waals surface area contributed by atoms with E-state index in [4.69, 9.17) is 16.3 Å². The number of hydrogen-bond acceptors (Lipinski definition) is 5. The zero-order chi connectivity index (χ0) is 24.5. The highest BCUT2D eigenvalue weighted by Crippen LogP contribution is 2.45. The normalized spacial score (nSPS) is 21.0. The summed E-state index contributed by atoms with van der Waals surface area (Å²) in [5, 5.41) is 0.836. The van der Waals surface area contributed by atoms with Crippen molar-refractivity contribution in [2.24, 2.45) is 5.92 Å². The second-order valence-electron chi connectivity index (χ2n) is 10.3. The maximum absolute atomic E-state index is 15.4. The molecule has 0 saturated carbocycles. The van der Waals surface area contributed by atoms with Crippen LogP contribution in [0.2, 0.25) is 5.02 Å². The SMILES string of the molecule is CN1CC2CCN(c3c(Cl)cnc4[nH]c5c(N(C)C(=O)OC(C)(C)C)cc(F)c(F)c5c34)[C@@H]2C1. The summed E-state index contributed by atoms with van der Waals surface area (Å²) in [7, 11) is 3.55. The van der Waals surface area contributed by atoms with E-state index in [-0.39, 0.29) is 22.6 Å². The molecular formula is C24H28ClF2N5O2. The molecule has 5 rings (SSSR count). The molecule has 0 radical (unpaired) electrons. The lowest BCUT2D eigenvalue weighted by atomic mass is 10.0. The highest BCUT2D eigenvalue weighted by molar-refractivity contribution is 6.36. The molecule has 2 atom stereocenters. The number of carbonyl (C=O) groups excluding carboxylic acids is 1. The Labute approximate surface area is 201 Å². The van der Waals surface area contributed by atoms with Gasteiger partial charge in [0.05, 0.1) is 38.9 Å². The van der Waals surface area contributed by atoms with Gasteiger partial charge >= 0.3 is 6.09 Å². The van der Waals surface area contributed by atoms with E-state index in [1.54, 1.807) is 20.8 Å². The van der Waals surface area contributed by atoms with Gasteiger partial charge in [-0.3, -0.25) is 4.90 Å². The number of ether oxygens (including phenoxy) is 1. The van der Waals surface area contributed by atoms with Crippen LogP contribution < -0.4 is 9.80 Å². The van der Waals surface area contributed by atoms with E-state index < -0.39 is 23.3 Å². The third-order valence-electron chi connectivity index (χ3n) is 6.75. The van der Waals surface area contributed by atoms with Crippen molar-refractivity contribution in [3.8, 4) is 0 Å². The Morgan fingerprint density at radius 3 is 2.74 bits per heavy atom. The number of anilines is 2. The highest BCUT2D eigenvalue weighted by Gasteiger charge is 2.42. The summed E-state index contributed by atoms with van der Waals surface area (Å²) in [6, 6.07) is 1.23. The van der Waals surface area contributed by atoms with E-state index in [1.165, 1.54) is 18.1 Å². The number of likely N-dealkylation sites (tertiary alicyclic amines) is 1. The minimum absolute atomic E-state index is 0.0280. The summed E-state index contributed by atoms with van der Waals surface area (Å²) < 4.78 is 35.7. The monoisotopic (exact) mass is 491 g/mol. The molecule has 3 aromatic rings. The van der Waals surface area contributed by atoms with Crippen LogP contribution in [0.1, 0.15) is 27.2 Å². The Kier molecular flexibility index (Phi) is 5.40. The van der Waals surface area contributed by atoms with Crippen LogP contribution in [0.3, 0.4) is 0 Å². The summed E-state index contributed by atoms with van der Waals surface area (Å²) in [5.41, 5.74) is 0.705. The predicted molar refractivity (Wildman–Crippen MR) is 130 cm³/mol. The molecule has 34 heavy (non-hydrogen) atoms. The van der Waals surface area contributed by atoms with Gasteiger partial charge < -0.3 is 19.5 Å². The number of likely N-dealkylation sites (N-methyl/N-ethyl adjacent to an activating group) is 1. The van der Waals surface area contributed by atoms with Gasteiger partial charge in [0.25, 0.3) is 0 Å². The van der Waals surface area contributed by atoms with Crippen molar-refractivity contribution in [2.45, 2.75) is 38.8 Å². The summed E-state index contributed by atoms with van der Waals surface area (Å²) in [4.78, 5) is 25.9. The molecule has 0 aliphatic carbocycles. The van der Waals surface area contributed by atoms with Gasteiger partial charge in [-0.05, 0) is 40.2 Å². The molecule has 2 aliphatic rings. The molecule has 1 amide bonds. The van der Waals surface area contributed by atoms with Crippen LogP contribution in [-0.2, 0) is 4.74 Å².